The van der Waals surface area contributed by atoms with Crippen LogP contribution in [0.15, 0.2) is 54.7 Å². The van der Waals surface area contributed by atoms with Crippen LogP contribution < -0.4 is 20.1 Å². The van der Waals surface area contributed by atoms with Gasteiger partial charge in [0, 0.05) is 30.1 Å². The molecule has 0 fully saturated rings. The van der Waals surface area contributed by atoms with E-state index in [0.717, 1.165) is 5.69 Å². The molecule has 0 spiro atoms. The molecular formula is C21H22N4O5. The van der Waals surface area contributed by atoms with Gasteiger partial charge in [0.1, 0.15) is 18.1 Å². The Kier molecular flexibility index (Phi) is 6.53. The van der Waals surface area contributed by atoms with Gasteiger partial charge in [0.15, 0.2) is 0 Å². The Labute approximate surface area is 173 Å². The van der Waals surface area contributed by atoms with Crippen LogP contribution in [0.5, 0.6) is 11.5 Å². The molecule has 1 aromatic heterocycles. The van der Waals surface area contributed by atoms with Crippen LogP contribution in [0.2, 0.25) is 0 Å². The summed E-state index contributed by atoms with van der Waals surface area (Å²) in [6, 6.07) is 13.9. The van der Waals surface area contributed by atoms with Gasteiger partial charge in [-0.15, -0.1) is 0 Å². The summed E-state index contributed by atoms with van der Waals surface area (Å²) < 4.78 is 12.6. The number of amides is 2. The van der Waals surface area contributed by atoms with Crippen molar-refractivity contribution in [3.63, 3.8) is 0 Å². The molecule has 0 bridgehead atoms. The zero-order valence-corrected chi connectivity index (χ0v) is 16.6. The molecule has 2 aromatic carbocycles. The molecule has 0 aliphatic heterocycles. The number of benzene rings is 2. The number of ether oxygens (including phenoxy) is 2. The molecule has 2 amide bonds. The lowest BCUT2D eigenvalue weighted by Gasteiger charge is -2.14. The maximum atomic E-state index is 12.6. The van der Waals surface area contributed by atoms with Crippen molar-refractivity contribution in [1.29, 1.82) is 0 Å². The van der Waals surface area contributed by atoms with Crippen LogP contribution in [0.4, 0.5) is 10.5 Å². The van der Waals surface area contributed by atoms with Crippen molar-refractivity contribution in [2.45, 2.75) is 0 Å². The summed E-state index contributed by atoms with van der Waals surface area (Å²) in [5, 5.41) is 18.0. The molecular weight excluding hydrogens is 388 g/mol. The molecule has 1 heterocycles. The fraction of sp³-hybridized carbons (Fsp3) is 0.190. The lowest BCUT2D eigenvalue weighted by molar-refractivity contribution is 0.102. The molecule has 9 heteroatoms. The van der Waals surface area contributed by atoms with Crippen molar-refractivity contribution in [2.75, 3.05) is 25.6 Å². The fourth-order valence-electron chi connectivity index (χ4n) is 2.86. The van der Waals surface area contributed by atoms with Crippen LogP contribution in [0.1, 0.15) is 10.4 Å². The average molecular weight is 410 g/mol. The molecule has 0 radical (unpaired) electrons. The molecule has 3 rings (SSSR count). The number of methoxy groups -OCH3 is 1. The van der Waals surface area contributed by atoms with Crippen molar-refractivity contribution < 1.29 is 24.2 Å². The number of hydrogen-bond acceptors (Lipinski definition) is 5. The van der Waals surface area contributed by atoms with Gasteiger partial charge in [-0.2, -0.15) is 5.10 Å². The molecule has 9 nitrogen and oxygen atoms in total. The third kappa shape index (κ3) is 5.07. The Hall–Kier alpha value is -4.01. The molecule has 3 aromatic rings. The predicted octanol–water partition coefficient (Wildman–Crippen LogP) is 2.99. The third-order valence-electron chi connectivity index (χ3n) is 4.30. The molecule has 0 aliphatic rings. The molecule has 0 atom stereocenters. The van der Waals surface area contributed by atoms with E-state index >= 15 is 0 Å². The van der Waals surface area contributed by atoms with Crippen LogP contribution in [0, 0.1) is 0 Å². The van der Waals surface area contributed by atoms with E-state index < -0.39 is 6.09 Å². The summed E-state index contributed by atoms with van der Waals surface area (Å²) >= 11 is 0. The predicted molar refractivity (Wildman–Crippen MR) is 111 cm³/mol. The highest BCUT2D eigenvalue weighted by Gasteiger charge is 2.14. The van der Waals surface area contributed by atoms with Crippen molar-refractivity contribution in [3.8, 4) is 22.8 Å². The zero-order chi connectivity index (χ0) is 21.5. The summed E-state index contributed by atoms with van der Waals surface area (Å²) in [5.41, 5.74) is 2.55. The lowest BCUT2D eigenvalue weighted by Crippen LogP contribution is -2.26. The number of aryl methyl sites for hydroxylation is 1. The van der Waals surface area contributed by atoms with E-state index in [2.05, 4.69) is 15.7 Å². The Balaban J connectivity index is 1.83. The number of nitrogens with one attached hydrogen (secondary N) is 2. The number of aromatic nitrogens is 2. The van der Waals surface area contributed by atoms with Gasteiger partial charge in [-0.05, 0) is 42.5 Å². The zero-order valence-electron chi connectivity index (χ0n) is 16.6. The summed E-state index contributed by atoms with van der Waals surface area (Å²) in [5.74, 6) is 0.867. The van der Waals surface area contributed by atoms with Crippen LogP contribution in [-0.2, 0) is 7.05 Å². The Bertz CT molecular complexity index is 1050. The van der Waals surface area contributed by atoms with E-state index in [9.17, 15) is 9.59 Å². The SMILES string of the molecule is COc1cccc(C(=O)Nc2ccc(OCCNC(=O)O)c(-c3ccnn3C)c2)c1. The van der Waals surface area contributed by atoms with Crippen LogP contribution in [0.25, 0.3) is 11.3 Å². The molecule has 0 saturated heterocycles. The number of rotatable bonds is 8. The van der Waals surface area contributed by atoms with Gasteiger partial charge in [-0.3, -0.25) is 9.48 Å². The average Bonchev–Trinajstić information content (AvgIpc) is 3.17. The first-order valence-electron chi connectivity index (χ1n) is 9.15. The van der Waals surface area contributed by atoms with Gasteiger partial charge in [-0.1, -0.05) is 6.07 Å². The van der Waals surface area contributed by atoms with Crippen LogP contribution in [-0.4, -0.2) is 47.1 Å². The highest BCUT2D eigenvalue weighted by molar-refractivity contribution is 6.04. The smallest absolute Gasteiger partial charge is 0.404 e. The number of carbonyl (C=O) groups is 2. The maximum absolute atomic E-state index is 12.6. The van der Waals surface area contributed by atoms with E-state index in [0.29, 0.717) is 28.3 Å². The van der Waals surface area contributed by atoms with Gasteiger partial charge >= 0.3 is 6.09 Å². The Morgan fingerprint density at radius 1 is 1.17 bits per heavy atom. The molecule has 0 aliphatic carbocycles. The molecule has 156 valence electrons. The minimum Gasteiger partial charge on any atom is -0.497 e. The van der Waals surface area contributed by atoms with Gasteiger partial charge in [0.25, 0.3) is 5.91 Å². The minimum atomic E-state index is -1.11. The molecule has 0 unspecified atom stereocenters. The molecule has 30 heavy (non-hydrogen) atoms. The van der Waals surface area contributed by atoms with Gasteiger partial charge in [0.2, 0.25) is 0 Å². The number of nitrogens with zero attached hydrogens (tertiary/aromatic N) is 2. The molecule has 3 N–H and O–H groups in total. The summed E-state index contributed by atoms with van der Waals surface area (Å²) in [6.07, 6.45) is 0.549. The van der Waals surface area contributed by atoms with Crippen LogP contribution >= 0.6 is 0 Å². The van der Waals surface area contributed by atoms with Crippen molar-refractivity contribution in [2.24, 2.45) is 7.05 Å². The standard InChI is InChI=1S/C21H22N4O5/c1-25-18(8-9-23-25)17-13-15(6-7-19(17)30-11-10-22-21(27)28)24-20(26)14-4-3-5-16(12-14)29-2/h3-9,12-13,22H,10-11H2,1-2H3,(H,24,26)(H,27,28). The second-order valence-electron chi connectivity index (χ2n) is 6.32. The van der Waals surface area contributed by atoms with E-state index in [-0.39, 0.29) is 19.1 Å². The van der Waals surface area contributed by atoms with E-state index in [4.69, 9.17) is 14.6 Å². The summed E-state index contributed by atoms with van der Waals surface area (Å²) in [6.45, 7) is 0.307. The Morgan fingerprint density at radius 2 is 2.00 bits per heavy atom. The highest BCUT2D eigenvalue weighted by Crippen LogP contribution is 2.32. The van der Waals surface area contributed by atoms with Crippen LogP contribution in [0.3, 0.4) is 0 Å². The maximum Gasteiger partial charge on any atom is 0.404 e. The van der Waals surface area contributed by atoms with E-state index in [1.165, 1.54) is 0 Å². The quantitative estimate of drug-likeness (QED) is 0.492. The number of carboxylic acid groups (broad SMARTS) is 1. The summed E-state index contributed by atoms with van der Waals surface area (Å²) in [7, 11) is 3.34. The second kappa shape index (κ2) is 9.46. The normalized spacial score (nSPS) is 10.3. The number of hydrogen-bond donors (Lipinski definition) is 3. The minimum absolute atomic E-state index is 0.147. The number of anilines is 1. The third-order valence-corrected chi connectivity index (χ3v) is 4.30. The number of carbonyl (C=O) groups excluding carboxylic acids is 1. The van der Waals surface area contributed by atoms with Gasteiger partial charge in [0.05, 0.1) is 19.3 Å². The van der Waals surface area contributed by atoms with Crippen molar-refractivity contribution >= 4 is 17.7 Å². The van der Waals surface area contributed by atoms with Crippen molar-refractivity contribution in [3.05, 3.63) is 60.3 Å². The largest absolute Gasteiger partial charge is 0.497 e. The Morgan fingerprint density at radius 3 is 2.70 bits per heavy atom. The van der Waals surface area contributed by atoms with Crippen molar-refractivity contribution in [1.82, 2.24) is 15.1 Å². The fourth-order valence-corrected chi connectivity index (χ4v) is 2.86. The topological polar surface area (TPSA) is 115 Å². The van der Waals surface area contributed by atoms with Gasteiger partial charge < -0.3 is 25.2 Å². The monoisotopic (exact) mass is 410 g/mol. The van der Waals surface area contributed by atoms with E-state index in [1.54, 1.807) is 67.5 Å². The lowest BCUT2D eigenvalue weighted by atomic mass is 10.1. The molecule has 0 saturated carbocycles. The van der Waals surface area contributed by atoms with E-state index in [1.807, 2.05) is 6.07 Å². The van der Waals surface area contributed by atoms with Gasteiger partial charge in [-0.25, -0.2) is 4.79 Å². The second-order valence-corrected chi connectivity index (χ2v) is 6.32. The highest BCUT2D eigenvalue weighted by atomic mass is 16.5. The first-order chi connectivity index (χ1) is 14.5. The first-order valence-corrected chi connectivity index (χ1v) is 9.15. The summed E-state index contributed by atoms with van der Waals surface area (Å²) in [4.78, 5) is 23.2. The first kappa shape index (κ1) is 20.7.